The van der Waals surface area contributed by atoms with E-state index in [1.807, 2.05) is 0 Å². The lowest BCUT2D eigenvalue weighted by atomic mass is 10.2. The lowest BCUT2D eigenvalue weighted by Gasteiger charge is -2.41. The molecular formula is C11H14F6OS. The number of halogens is 6. The molecule has 0 saturated heterocycles. The average molecular weight is 308 g/mol. The Labute approximate surface area is 107 Å². The van der Waals surface area contributed by atoms with E-state index in [1.54, 1.807) is 6.92 Å². The molecule has 0 aliphatic heterocycles. The molecule has 0 fully saturated rings. The molecule has 0 bridgehead atoms. The fraction of sp³-hybridized carbons (Fsp3) is 0.455. The zero-order valence-electron chi connectivity index (χ0n) is 10.4. The van der Waals surface area contributed by atoms with Crippen LogP contribution in [0, 0.1) is 12.7 Å². The number of aryl methyl sites for hydroxylation is 1. The van der Waals surface area contributed by atoms with E-state index in [1.165, 1.54) is 0 Å². The topological polar surface area (TPSA) is 9.23 Å². The molecule has 0 atom stereocenters. The second-order valence-corrected chi connectivity index (χ2v) is 6.54. The normalized spacial score (nSPS) is 15.8. The van der Waals surface area contributed by atoms with Crippen LogP contribution >= 0.6 is 10.2 Å². The summed E-state index contributed by atoms with van der Waals surface area (Å²) in [6.45, 7) is 2.55. The van der Waals surface area contributed by atoms with Crippen molar-refractivity contribution in [1.82, 2.24) is 0 Å². The maximum Gasteiger partial charge on any atom is 0.313 e. The molecule has 1 aromatic rings. The maximum atomic E-state index is 13.7. The molecule has 0 unspecified atom stereocenters. The molecule has 0 heterocycles. The van der Waals surface area contributed by atoms with Gasteiger partial charge >= 0.3 is 10.2 Å². The largest absolute Gasteiger partial charge is 0.490 e. The van der Waals surface area contributed by atoms with Crippen molar-refractivity contribution in [3.63, 3.8) is 0 Å². The van der Waals surface area contributed by atoms with Gasteiger partial charge in [0, 0.05) is 0 Å². The van der Waals surface area contributed by atoms with Gasteiger partial charge < -0.3 is 4.74 Å². The summed E-state index contributed by atoms with van der Waals surface area (Å²) in [6.07, 6.45) is 1.17. The first-order valence-corrected chi connectivity index (χ1v) is 7.48. The van der Waals surface area contributed by atoms with Gasteiger partial charge in [0.15, 0.2) is 11.6 Å². The highest BCUT2D eigenvalue weighted by Crippen LogP contribution is 3.02. The van der Waals surface area contributed by atoms with E-state index in [0.29, 0.717) is 12.8 Å². The quantitative estimate of drug-likeness (QED) is 0.481. The van der Waals surface area contributed by atoms with Crippen molar-refractivity contribution in [3.05, 3.63) is 23.5 Å². The first-order valence-electron chi connectivity index (χ1n) is 5.53. The zero-order chi connectivity index (χ0) is 15.0. The molecular weight excluding hydrogens is 294 g/mol. The molecule has 1 rings (SSSR count). The smallest absolute Gasteiger partial charge is 0.313 e. The second-order valence-electron chi connectivity index (χ2n) is 4.19. The SMILES string of the molecule is CCCCOc1ccc(C)c(S(F)(F)(F)(F)F)c1F. The fourth-order valence-corrected chi connectivity index (χ4v) is 2.66. The average Bonchev–Trinajstić information content (AvgIpc) is 2.17. The monoisotopic (exact) mass is 308 g/mol. The molecule has 0 aliphatic rings. The van der Waals surface area contributed by atoms with E-state index in [0.717, 1.165) is 19.1 Å². The molecule has 1 nitrogen and oxygen atoms in total. The Morgan fingerprint density at radius 1 is 1.11 bits per heavy atom. The molecule has 112 valence electrons. The predicted molar refractivity (Wildman–Crippen MR) is 62.9 cm³/mol. The summed E-state index contributed by atoms with van der Waals surface area (Å²) in [5.41, 5.74) is -0.862. The van der Waals surface area contributed by atoms with E-state index < -0.39 is 32.2 Å². The Morgan fingerprint density at radius 3 is 2.16 bits per heavy atom. The first-order chi connectivity index (χ1) is 8.36. The molecule has 0 N–H and O–H groups in total. The van der Waals surface area contributed by atoms with Crippen molar-refractivity contribution < 1.29 is 28.6 Å². The van der Waals surface area contributed by atoms with Crippen molar-refractivity contribution >= 4 is 10.2 Å². The van der Waals surface area contributed by atoms with Gasteiger partial charge in [0.1, 0.15) is 4.90 Å². The van der Waals surface area contributed by atoms with Crippen LogP contribution in [0.1, 0.15) is 25.3 Å². The van der Waals surface area contributed by atoms with Gasteiger partial charge in [-0.05, 0) is 25.0 Å². The van der Waals surface area contributed by atoms with E-state index in [2.05, 4.69) is 0 Å². The second kappa shape index (κ2) is 4.22. The zero-order valence-corrected chi connectivity index (χ0v) is 11.2. The predicted octanol–water partition coefficient (Wildman–Crippen LogP) is 5.97. The molecule has 0 radical (unpaired) electrons. The number of ether oxygens (including phenoxy) is 1. The fourth-order valence-electron chi connectivity index (χ4n) is 1.55. The summed E-state index contributed by atoms with van der Waals surface area (Å²) in [7, 11) is -10.1. The third kappa shape index (κ3) is 3.95. The lowest BCUT2D eigenvalue weighted by molar-refractivity contribution is 0.286. The van der Waals surface area contributed by atoms with Gasteiger partial charge in [0.2, 0.25) is 0 Å². The van der Waals surface area contributed by atoms with Crippen molar-refractivity contribution in [2.75, 3.05) is 6.61 Å². The molecule has 0 aromatic heterocycles. The number of benzene rings is 1. The highest BCUT2D eigenvalue weighted by molar-refractivity contribution is 8.45. The van der Waals surface area contributed by atoms with Crippen LogP contribution in [0.15, 0.2) is 17.0 Å². The molecule has 0 saturated carbocycles. The van der Waals surface area contributed by atoms with Crippen molar-refractivity contribution in [2.45, 2.75) is 31.6 Å². The van der Waals surface area contributed by atoms with Crippen molar-refractivity contribution in [3.8, 4) is 5.75 Å². The molecule has 8 heteroatoms. The van der Waals surface area contributed by atoms with Crippen LogP contribution in [0.2, 0.25) is 0 Å². The van der Waals surface area contributed by atoms with Crippen molar-refractivity contribution in [2.24, 2.45) is 0 Å². The highest BCUT2D eigenvalue weighted by Gasteiger charge is 2.68. The van der Waals surface area contributed by atoms with Crippen LogP contribution in [0.3, 0.4) is 0 Å². The molecule has 0 aliphatic carbocycles. The van der Waals surface area contributed by atoms with Gasteiger partial charge in [-0.1, -0.05) is 38.8 Å². The lowest BCUT2D eigenvalue weighted by Crippen LogP contribution is -2.12. The third-order valence-corrected chi connectivity index (χ3v) is 3.67. The summed E-state index contributed by atoms with van der Waals surface area (Å²) >= 11 is 0. The van der Waals surface area contributed by atoms with Crippen LogP contribution in [0.4, 0.5) is 23.8 Å². The van der Waals surface area contributed by atoms with Gasteiger partial charge in [-0.15, -0.1) is 0 Å². The maximum absolute atomic E-state index is 13.7. The summed E-state index contributed by atoms with van der Waals surface area (Å²) in [5, 5.41) is 0. The number of hydrogen-bond acceptors (Lipinski definition) is 1. The summed E-state index contributed by atoms with van der Waals surface area (Å²) < 4.78 is 82.1. The Hall–Kier alpha value is -1.05. The summed E-state index contributed by atoms with van der Waals surface area (Å²) in [5.74, 6) is -2.85. The van der Waals surface area contributed by atoms with E-state index in [4.69, 9.17) is 4.74 Å². The minimum atomic E-state index is -10.1. The Bertz CT molecular complexity index is 481. The van der Waals surface area contributed by atoms with E-state index in [9.17, 15) is 23.8 Å². The highest BCUT2D eigenvalue weighted by atomic mass is 32.5. The van der Waals surface area contributed by atoms with Gasteiger partial charge in [-0.3, -0.25) is 0 Å². The molecule has 0 spiro atoms. The Balaban J connectivity index is 3.32. The van der Waals surface area contributed by atoms with E-state index in [-0.39, 0.29) is 6.61 Å². The molecule has 0 amide bonds. The minimum absolute atomic E-state index is 0.0315. The molecule has 19 heavy (non-hydrogen) atoms. The van der Waals surface area contributed by atoms with Crippen LogP contribution < -0.4 is 4.74 Å². The Morgan fingerprint density at radius 2 is 1.68 bits per heavy atom. The van der Waals surface area contributed by atoms with Crippen LogP contribution in [0.5, 0.6) is 5.75 Å². The van der Waals surface area contributed by atoms with Crippen LogP contribution in [-0.2, 0) is 0 Å². The van der Waals surface area contributed by atoms with Crippen LogP contribution in [-0.4, -0.2) is 6.61 Å². The van der Waals surface area contributed by atoms with Crippen molar-refractivity contribution in [1.29, 1.82) is 0 Å². The first kappa shape index (κ1) is 16.0. The van der Waals surface area contributed by atoms with Gasteiger partial charge in [-0.25, -0.2) is 4.39 Å². The Kier molecular flexibility index (Phi) is 3.56. The van der Waals surface area contributed by atoms with Gasteiger partial charge in [-0.2, -0.15) is 0 Å². The number of hydrogen-bond donors (Lipinski definition) is 0. The van der Waals surface area contributed by atoms with E-state index >= 15 is 0 Å². The standard InChI is InChI=1S/C11H14F6OS/c1-3-4-7-18-9-6-5-8(2)11(10(9)12)19(13,14,15,16)17/h5-6H,3-4,7H2,1-2H3. The third-order valence-electron chi connectivity index (χ3n) is 2.40. The minimum Gasteiger partial charge on any atom is -0.490 e. The van der Waals surface area contributed by atoms with Crippen LogP contribution in [0.25, 0.3) is 0 Å². The van der Waals surface area contributed by atoms with Gasteiger partial charge in [0.05, 0.1) is 6.61 Å². The van der Waals surface area contributed by atoms with Gasteiger partial charge in [0.25, 0.3) is 0 Å². The number of unbranched alkanes of at least 4 members (excludes halogenated alkanes) is 1. The molecule has 1 aromatic carbocycles. The summed E-state index contributed by atoms with van der Waals surface area (Å²) in [4.78, 5) is -2.49. The number of rotatable bonds is 5. The summed E-state index contributed by atoms with van der Waals surface area (Å²) in [6, 6.07) is 1.70.